The van der Waals surface area contributed by atoms with Gasteiger partial charge in [-0.05, 0) is 26.3 Å². The van der Waals surface area contributed by atoms with E-state index >= 15 is 0 Å². The lowest BCUT2D eigenvalue weighted by Crippen LogP contribution is -2.31. The highest BCUT2D eigenvalue weighted by Crippen LogP contribution is 2.15. The summed E-state index contributed by atoms with van der Waals surface area (Å²) >= 11 is 0. The van der Waals surface area contributed by atoms with Crippen LogP contribution in [0.15, 0.2) is 24.3 Å². The summed E-state index contributed by atoms with van der Waals surface area (Å²) in [6.07, 6.45) is 0.124. The Bertz CT molecular complexity index is 394. The summed E-state index contributed by atoms with van der Waals surface area (Å²) in [6.45, 7) is 5.17. The minimum atomic E-state index is -0.412. The summed E-state index contributed by atoms with van der Waals surface area (Å²) < 4.78 is 5.35. The van der Waals surface area contributed by atoms with Gasteiger partial charge in [0.15, 0.2) is 0 Å². The summed E-state index contributed by atoms with van der Waals surface area (Å²) in [6, 6.07) is 7.25. The first-order valence-electron chi connectivity index (χ1n) is 6.52. The minimum absolute atomic E-state index is 0.274. The maximum absolute atomic E-state index is 11.7. The molecule has 1 aromatic rings. The number of hydrogen-bond acceptors (Lipinski definition) is 3. The van der Waals surface area contributed by atoms with E-state index in [9.17, 15) is 4.79 Å². The Morgan fingerprint density at radius 2 is 2.16 bits per heavy atom. The number of amides is 2. The molecule has 5 heteroatoms. The number of rotatable bonds is 7. The third-order valence-electron chi connectivity index (χ3n) is 2.57. The molecule has 0 fully saturated rings. The van der Waals surface area contributed by atoms with Crippen molar-refractivity contribution in [3.8, 4) is 0 Å². The Kier molecular flexibility index (Phi) is 6.92. The van der Waals surface area contributed by atoms with E-state index in [1.54, 1.807) is 6.92 Å². The summed E-state index contributed by atoms with van der Waals surface area (Å²) in [4.78, 5) is 11.7. The monoisotopic (exact) mass is 266 g/mol. The SMILES string of the molecule is CCOCc1ccccc1NC(=O)NCCC(C)O. The molecule has 5 nitrogen and oxygen atoms in total. The van der Waals surface area contributed by atoms with Crippen LogP contribution in [-0.4, -0.2) is 30.4 Å². The number of aliphatic hydroxyl groups is 1. The predicted octanol–water partition coefficient (Wildman–Crippen LogP) is 2.12. The van der Waals surface area contributed by atoms with Gasteiger partial charge in [0, 0.05) is 24.4 Å². The van der Waals surface area contributed by atoms with E-state index in [1.165, 1.54) is 0 Å². The molecule has 0 radical (unpaired) electrons. The van der Waals surface area contributed by atoms with E-state index < -0.39 is 6.10 Å². The van der Waals surface area contributed by atoms with E-state index in [0.717, 1.165) is 11.3 Å². The van der Waals surface area contributed by atoms with Gasteiger partial charge in [-0.1, -0.05) is 18.2 Å². The van der Waals surface area contributed by atoms with E-state index in [2.05, 4.69) is 10.6 Å². The number of carbonyl (C=O) groups is 1. The molecule has 1 unspecified atom stereocenters. The van der Waals surface area contributed by atoms with Crippen LogP contribution in [-0.2, 0) is 11.3 Å². The van der Waals surface area contributed by atoms with E-state index in [1.807, 2.05) is 31.2 Å². The van der Waals surface area contributed by atoms with Crippen molar-refractivity contribution in [3.63, 3.8) is 0 Å². The van der Waals surface area contributed by atoms with Crippen molar-refractivity contribution in [1.82, 2.24) is 5.32 Å². The minimum Gasteiger partial charge on any atom is -0.393 e. The van der Waals surface area contributed by atoms with Crippen molar-refractivity contribution in [2.75, 3.05) is 18.5 Å². The Balaban J connectivity index is 2.48. The highest BCUT2D eigenvalue weighted by molar-refractivity contribution is 5.90. The largest absolute Gasteiger partial charge is 0.393 e. The summed E-state index contributed by atoms with van der Waals surface area (Å²) in [5.41, 5.74) is 1.68. The van der Waals surface area contributed by atoms with Crippen LogP contribution in [0.5, 0.6) is 0 Å². The van der Waals surface area contributed by atoms with Gasteiger partial charge in [-0.2, -0.15) is 0 Å². The Labute approximate surface area is 114 Å². The van der Waals surface area contributed by atoms with Gasteiger partial charge in [0.2, 0.25) is 0 Å². The molecule has 1 atom stereocenters. The number of anilines is 1. The second-order valence-electron chi connectivity index (χ2n) is 4.31. The molecular formula is C14H22N2O3. The van der Waals surface area contributed by atoms with Gasteiger partial charge in [0.25, 0.3) is 0 Å². The molecule has 3 N–H and O–H groups in total. The molecular weight excluding hydrogens is 244 g/mol. The molecule has 0 heterocycles. The van der Waals surface area contributed by atoms with Crippen LogP contribution in [0.25, 0.3) is 0 Å². The lowest BCUT2D eigenvalue weighted by atomic mass is 10.2. The molecule has 0 aliphatic rings. The van der Waals surface area contributed by atoms with Crippen LogP contribution in [0.2, 0.25) is 0 Å². The quantitative estimate of drug-likeness (QED) is 0.708. The maximum Gasteiger partial charge on any atom is 0.319 e. The fraction of sp³-hybridized carbons (Fsp3) is 0.500. The molecule has 0 aliphatic carbocycles. The molecule has 0 aromatic heterocycles. The number of para-hydroxylation sites is 1. The molecule has 19 heavy (non-hydrogen) atoms. The highest BCUT2D eigenvalue weighted by atomic mass is 16.5. The smallest absolute Gasteiger partial charge is 0.319 e. The van der Waals surface area contributed by atoms with Gasteiger partial charge in [-0.3, -0.25) is 0 Å². The zero-order valence-corrected chi connectivity index (χ0v) is 11.5. The van der Waals surface area contributed by atoms with Gasteiger partial charge in [0.1, 0.15) is 0 Å². The topological polar surface area (TPSA) is 70.6 Å². The molecule has 106 valence electrons. The first-order valence-corrected chi connectivity index (χ1v) is 6.52. The first kappa shape index (κ1) is 15.5. The van der Waals surface area contributed by atoms with E-state index in [4.69, 9.17) is 9.84 Å². The van der Waals surface area contributed by atoms with Crippen LogP contribution in [0, 0.1) is 0 Å². The molecule has 0 bridgehead atoms. The molecule has 1 rings (SSSR count). The molecule has 0 saturated carbocycles. The highest BCUT2D eigenvalue weighted by Gasteiger charge is 2.06. The van der Waals surface area contributed by atoms with E-state index in [-0.39, 0.29) is 6.03 Å². The fourth-order valence-electron chi connectivity index (χ4n) is 1.54. The number of urea groups is 1. The summed E-state index contributed by atoms with van der Waals surface area (Å²) in [5.74, 6) is 0. The van der Waals surface area contributed by atoms with Gasteiger partial charge in [-0.25, -0.2) is 4.79 Å². The third kappa shape index (κ3) is 6.22. The Morgan fingerprint density at radius 1 is 1.42 bits per heavy atom. The number of carbonyl (C=O) groups excluding carboxylic acids is 1. The Morgan fingerprint density at radius 3 is 2.84 bits per heavy atom. The van der Waals surface area contributed by atoms with E-state index in [0.29, 0.717) is 26.2 Å². The maximum atomic E-state index is 11.7. The molecule has 2 amide bonds. The second-order valence-corrected chi connectivity index (χ2v) is 4.31. The van der Waals surface area contributed by atoms with Gasteiger partial charge >= 0.3 is 6.03 Å². The predicted molar refractivity (Wildman–Crippen MR) is 75.1 cm³/mol. The third-order valence-corrected chi connectivity index (χ3v) is 2.57. The number of aliphatic hydroxyl groups excluding tert-OH is 1. The van der Waals surface area contributed by atoms with Gasteiger partial charge in [0.05, 0.1) is 12.7 Å². The molecule has 0 aliphatic heterocycles. The zero-order chi connectivity index (χ0) is 14.1. The number of hydrogen-bond donors (Lipinski definition) is 3. The van der Waals surface area contributed by atoms with Crippen molar-refractivity contribution >= 4 is 11.7 Å². The fourth-order valence-corrected chi connectivity index (χ4v) is 1.54. The van der Waals surface area contributed by atoms with Crippen LogP contribution >= 0.6 is 0 Å². The zero-order valence-electron chi connectivity index (χ0n) is 11.5. The van der Waals surface area contributed by atoms with Crippen molar-refractivity contribution in [1.29, 1.82) is 0 Å². The second kappa shape index (κ2) is 8.50. The average Bonchev–Trinajstić information content (AvgIpc) is 2.37. The molecule has 0 saturated heterocycles. The van der Waals surface area contributed by atoms with Gasteiger partial charge in [-0.15, -0.1) is 0 Å². The normalized spacial score (nSPS) is 11.9. The van der Waals surface area contributed by atoms with Crippen LogP contribution < -0.4 is 10.6 Å². The van der Waals surface area contributed by atoms with Crippen molar-refractivity contribution < 1.29 is 14.6 Å². The number of nitrogens with one attached hydrogen (secondary N) is 2. The first-order chi connectivity index (χ1) is 9.13. The van der Waals surface area contributed by atoms with Crippen LogP contribution in [0.3, 0.4) is 0 Å². The molecule has 1 aromatic carbocycles. The number of benzene rings is 1. The van der Waals surface area contributed by atoms with Crippen LogP contribution in [0.1, 0.15) is 25.8 Å². The van der Waals surface area contributed by atoms with Crippen LogP contribution in [0.4, 0.5) is 10.5 Å². The summed E-state index contributed by atoms with van der Waals surface area (Å²) in [5, 5.41) is 14.6. The lowest BCUT2D eigenvalue weighted by Gasteiger charge is -2.12. The van der Waals surface area contributed by atoms with Crippen molar-refractivity contribution in [2.24, 2.45) is 0 Å². The molecule has 0 spiro atoms. The average molecular weight is 266 g/mol. The van der Waals surface area contributed by atoms with Gasteiger partial charge < -0.3 is 20.5 Å². The van der Waals surface area contributed by atoms with Crippen molar-refractivity contribution in [3.05, 3.63) is 29.8 Å². The van der Waals surface area contributed by atoms with Crippen molar-refractivity contribution in [2.45, 2.75) is 33.0 Å². The lowest BCUT2D eigenvalue weighted by molar-refractivity contribution is 0.134. The number of ether oxygens (including phenoxy) is 1. The standard InChI is InChI=1S/C14H22N2O3/c1-3-19-10-12-6-4-5-7-13(12)16-14(18)15-9-8-11(2)17/h4-7,11,17H,3,8-10H2,1-2H3,(H2,15,16,18). The summed E-state index contributed by atoms with van der Waals surface area (Å²) in [7, 11) is 0. The Hall–Kier alpha value is -1.59.